The van der Waals surface area contributed by atoms with E-state index in [9.17, 15) is 18.0 Å². The maximum Gasteiger partial charge on any atom is 0.416 e. The third-order valence-corrected chi connectivity index (χ3v) is 6.46. The zero-order chi connectivity index (χ0) is 24.3. The normalized spacial score (nSPS) is 11.4. The van der Waals surface area contributed by atoms with Crippen LogP contribution in [-0.4, -0.2) is 21.2 Å². The minimum Gasteiger partial charge on any atom is -0.325 e. The first kappa shape index (κ1) is 24.2. The number of alkyl halides is 3. The molecule has 0 aliphatic carbocycles. The first-order valence-corrected chi connectivity index (χ1v) is 11.6. The van der Waals surface area contributed by atoms with Gasteiger partial charge in [0.05, 0.1) is 33.3 Å². The second-order valence-electron chi connectivity index (χ2n) is 7.14. The number of aromatic nitrogens is 2. The predicted octanol–water partition coefficient (Wildman–Crippen LogP) is 7.60. The van der Waals surface area contributed by atoms with Gasteiger partial charge in [0, 0.05) is 16.9 Å². The third kappa shape index (κ3) is 5.58. The molecular weight excluding hydrogens is 506 g/mol. The third-order valence-electron chi connectivity index (χ3n) is 4.77. The molecule has 4 rings (SSSR count). The van der Waals surface area contributed by atoms with Gasteiger partial charge in [0.2, 0.25) is 5.91 Å². The van der Waals surface area contributed by atoms with E-state index in [0.29, 0.717) is 32.1 Å². The molecule has 1 amide bonds. The highest BCUT2D eigenvalue weighted by atomic mass is 35.5. The van der Waals surface area contributed by atoms with Crippen molar-refractivity contribution in [2.75, 3.05) is 11.1 Å². The summed E-state index contributed by atoms with van der Waals surface area (Å²) in [6.07, 6.45) is -2.99. The summed E-state index contributed by atoms with van der Waals surface area (Å²) in [5.41, 5.74) is 1.21. The number of benzene rings is 3. The van der Waals surface area contributed by atoms with Crippen LogP contribution >= 0.6 is 35.0 Å². The first-order chi connectivity index (χ1) is 16.2. The van der Waals surface area contributed by atoms with Crippen LogP contribution in [0.5, 0.6) is 0 Å². The lowest BCUT2D eigenvalue weighted by molar-refractivity contribution is -0.137. The molecule has 1 heterocycles. The molecule has 0 spiro atoms. The quantitative estimate of drug-likeness (QED) is 0.266. The van der Waals surface area contributed by atoms with Gasteiger partial charge in [0.25, 0.3) is 0 Å². The summed E-state index contributed by atoms with van der Waals surface area (Å²) < 4.78 is 41.7. The van der Waals surface area contributed by atoms with Crippen LogP contribution in [0.15, 0.2) is 84.1 Å². The molecular formula is C24H16Cl2F3N3OS. The molecule has 174 valence electrons. The number of nitrogens with zero attached hydrogens (tertiary/aromatic N) is 2. The summed E-state index contributed by atoms with van der Waals surface area (Å²) in [6, 6.07) is 18.8. The molecule has 0 atom stereocenters. The average molecular weight is 522 g/mol. The SMILES string of the molecule is O=C(CSc1ncc(-c2ccc(Cl)c(Cl)c2)n1-c1cccc(C(F)(F)F)c1)Nc1ccccc1. The van der Waals surface area contributed by atoms with E-state index in [1.807, 2.05) is 6.07 Å². The van der Waals surface area contributed by atoms with Gasteiger partial charge in [-0.05, 0) is 42.5 Å². The van der Waals surface area contributed by atoms with E-state index >= 15 is 0 Å². The maximum absolute atomic E-state index is 13.4. The molecule has 0 bridgehead atoms. The molecule has 4 aromatic rings. The molecule has 0 saturated carbocycles. The fourth-order valence-electron chi connectivity index (χ4n) is 3.22. The number of anilines is 1. The van der Waals surface area contributed by atoms with Crippen molar-refractivity contribution >= 4 is 46.6 Å². The molecule has 4 nitrogen and oxygen atoms in total. The summed E-state index contributed by atoms with van der Waals surface area (Å²) in [6.45, 7) is 0. The topological polar surface area (TPSA) is 46.9 Å². The van der Waals surface area contributed by atoms with Crippen LogP contribution in [0.3, 0.4) is 0 Å². The summed E-state index contributed by atoms with van der Waals surface area (Å²) in [7, 11) is 0. The smallest absolute Gasteiger partial charge is 0.325 e. The Bertz CT molecular complexity index is 1330. The van der Waals surface area contributed by atoms with Gasteiger partial charge in [-0.15, -0.1) is 0 Å². The Kier molecular flexibility index (Phi) is 7.21. The lowest BCUT2D eigenvalue weighted by Gasteiger charge is -2.15. The number of thioether (sulfide) groups is 1. The van der Waals surface area contributed by atoms with E-state index in [-0.39, 0.29) is 17.3 Å². The maximum atomic E-state index is 13.4. The lowest BCUT2D eigenvalue weighted by atomic mass is 10.1. The number of hydrogen-bond donors (Lipinski definition) is 1. The van der Waals surface area contributed by atoms with Gasteiger partial charge in [0.15, 0.2) is 5.16 Å². The number of hydrogen-bond acceptors (Lipinski definition) is 3. The van der Waals surface area contributed by atoms with Crippen molar-refractivity contribution in [2.24, 2.45) is 0 Å². The van der Waals surface area contributed by atoms with E-state index in [1.165, 1.54) is 12.3 Å². The Morgan fingerprint density at radius 1 is 0.971 bits per heavy atom. The van der Waals surface area contributed by atoms with Gasteiger partial charge in [0.1, 0.15) is 0 Å². The van der Waals surface area contributed by atoms with Crippen molar-refractivity contribution < 1.29 is 18.0 Å². The number of nitrogens with one attached hydrogen (secondary N) is 1. The summed E-state index contributed by atoms with van der Waals surface area (Å²) >= 11 is 13.3. The molecule has 3 aromatic carbocycles. The Balaban J connectivity index is 1.70. The van der Waals surface area contributed by atoms with Crippen LogP contribution in [0.4, 0.5) is 18.9 Å². The lowest BCUT2D eigenvalue weighted by Crippen LogP contribution is -2.14. The molecule has 0 saturated heterocycles. The van der Waals surface area contributed by atoms with E-state index in [0.717, 1.165) is 23.9 Å². The minimum absolute atomic E-state index is 0.00564. The van der Waals surface area contributed by atoms with Crippen molar-refractivity contribution in [1.29, 1.82) is 0 Å². The Labute approximate surface area is 207 Å². The molecule has 0 aliphatic rings. The van der Waals surface area contributed by atoms with Crippen LogP contribution in [0, 0.1) is 0 Å². The largest absolute Gasteiger partial charge is 0.416 e. The Morgan fingerprint density at radius 3 is 2.44 bits per heavy atom. The van der Waals surface area contributed by atoms with E-state index in [2.05, 4.69) is 10.3 Å². The van der Waals surface area contributed by atoms with Crippen LogP contribution < -0.4 is 5.32 Å². The number of amides is 1. The highest BCUT2D eigenvalue weighted by Crippen LogP contribution is 2.35. The standard InChI is InChI=1S/C24H16Cl2F3N3OS/c25-19-10-9-15(11-20(19)26)21-13-30-23(34-14-22(33)31-17-6-2-1-3-7-17)32(21)18-8-4-5-16(12-18)24(27,28)29/h1-13H,14H2,(H,31,33). The molecule has 34 heavy (non-hydrogen) atoms. The van der Waals surface area contributed by atoms with E-state index in [4.69, 9.17) is 23.2 Å². The Hall–Kier alpha value is -2.94. The molecule has 0 fully saturated rings. The first-order valence-electron chi connectivity index (χ1n) is 9.91. The number of rotatable bonds is 6. The van der Waals surface area contributed by atoms with Gasteiger partial charge in [-0.2, -0.15) is 13.2 Å². The summed E-state index contributed by atoms with van der Waals surface area (Å²) in [4.78, 5) is 16.8. The zero-order valence-electron chi connectivity index (χ0n) is 17.3. The molecule has 1 N–H and O–H groups in total. The molecule has 0 radical (unpaired) electrons. The highest BCUT2D eigenvalue weighted by Gasteiger charge is 2.31. The second-order valence-corrected chi connectivity index (χ2v) is 8.90. The molecule has 0 unspecified atom stereocenters. The van der Waals surface area contributed by atoms with Crippen molar-refractivity contribution in [1.82, 2.24) is 9.55 Å². The van der Waals surface area contributed by atoms with Crippen molar-refractivity contribution in [3.05, 3.63) is 94.6 Å². The zero-order valence-corrected chi connectivity index (χ0v) is 19.6. The monoisotopic (exact) mass is 521 g/mol. The number of imidazole rings is 1. The Morgan fingerprint density at radius 2 is 1.74 bits per heavy atom. The van der Waals surface area contributed by atoms with Gasteiger partial charge in [-0.3, -0.25) is 9.36 Å². The van der Waals surface area contributed by atoms with Gasteiger partial charge in [-0.1, -0.05) is 65.3 Å². The van der Waals surface area contributed by atoms with E-state index in [1.54, 1.807) is 53.1 Å². The second kappa shape index (κ2) is 10.1. The number of carbonyl (C=O) groups excluding carboxylic acids is 1. The minimum atomic E-state index is -4.51. The van der Waals surface area contributed by atoms with Crippen LogP contribution in [0.2, 0.25) is 10.0 Å². The summed E-state index contributed by atoms with van der Waals surface area (Å²) in [5.74, 6) is -0.267. The average Bonchev–Trinajstić information content (AvgIpc) is 3.24. The highest BCUT2D eigenvalue weighted by molar-refractivity contribution is 7.99. The molecule has 1 aromatic heterocycles. The van der Waals surface area contributed by atoms with Crippen molar-refractivity contribution in [2.45, 2.75) is 11.3 Å². The predicted molar refractivity (Wildman–Crippen MR) is 130 cm³/mol. The number of para-hydroxylation sites is 1. The van der Waals surface area contributed by atoms with Crippen LogP contribution in [0.1, 0.15) is 5.56 Å². The van der Waals surface area contributed by atoms with Crippen molar-refractivity contribution in [3.63, 3.8) is 0 Å². The number of halogens is 5. The fraction of sp³-hybridized carbons (Fsp3) is 0.0833. The van der Waals surface area contributed by atoms with Crippen LogP contribution in [0.25, 0.3) is 16.9 Å². The van der Waals surface area contributed by atoms with Gasteiger partial charge >= 0.3 is 6.18 Å². The van der Waals surface area contributed by atoms with Crippen molar-refractivity contribution in [3.8, 4) is 16.9 Å². The molecule has 0 aliphatic heterocycles. The van der Waals surface area contributed by atoms with Gasteiger partial charge in [-0.25, -0.2) is 4.98 Å². The molecule has 10 heteroatoms. The fourth-order valence-corrected chi connectivity index (χ4v) is 4.31. The summed E-state index contributed by atoms with van der Waals surface area (Å²) in [5, 5.41) is 3.77. The van der Waals surface area contributed by atoms with Gasteiger partial charge < -0.3 is 5.32 Å². The van der Waals surface area contributed by atoms with E-state index < -0.39 is 11.7 Å². The van der Waals surface area contributed by atoms with Crippen LogP contribution in [-0.2, 0) is 11.0 Å². The number of carbonyl (C=O) groups is 1.